The van der Waals surface area contributed by atoms with Gasteiger partial charge in [-0.25, -0.2) is 0 Å². The Hall–Kier alpha value is -1.32. The van der Waals surface area contributed by atoms with Crippen LogP contribution in [0.2, 0.25) is 0 Å². The summed E-state index contributed by atoms with van der Waals surface area (Å²) in [6.45, 7) is 7.30. The van der Waals surface area contributed by atoms with Gasteiger partial charge in [0.05, 0.1) is 7.11 Å². The molecule has 19 heavy (non-hydrogen) atoms. The Morgan fingerprint density at radius 3 is 2.63 bits per heavy atom. The number of rotatable bonds is 5. The van der Waals surface area contributed by atoms with Gasteiger partial charge in [0.15, 0.2) is 0 Å². The molecule has 0 radical (unpaired) electrons. The van der Waals surface area contributed by atoms with Crippen molar-refractivity contribution in [1.82, 2.24) is 5.32 Å². The first kappa shape index (κ1) is 14.1. The number of benzene rings is 1. The molecule has 102 valence electrons. The quantitative estimate of drug-likeness (QED) is 0.881. The van der Waals surface area contributed by atoms with Crippen molar-refractivity contribution in [2.75, 3.05) is 7.11 Å². The number of methoxy groups -OCH3 is 1. The van der Waals surface area contributed by atoms with E-state index in [1.807, 2.05) is 0 Å². The van der Waals surface area contributed by atoms with Gasteiger partial charge in [0, 0.05) is 23.0 Å². The van der Waals surface area contributed by atoms with Crippen LogP contribution in [0.4, 0.5) is 0 Å². The molecule has 0 saturated carbocycles. The third kappa shape index (κ3) is 3.37. The van der Waals surface area contributed by atoms with Crippen molar-refractivity contribution in [1.29, 1.82) is 0 Å². The molecule has 0 fully saturated rings. The van der Waals surface area contributed by atoms with Gasteiger partial charge in [-0.3, -0.25) is 0 Å². The molecule has 0 spiro atoms. The summed E-state index contributed by atoms with van der Waals surface area (Å²) in [5.74, 6) is 0.949. The maximum Gasteiger partial charge on any atom is 0.123 e. The summed E-state index contributed by atoms with van der Waals surface area (Å²) in [6.07, 6.45) is 0. The lowest BCUT2D eigenvalue weighted by molar-refractivity contribution is 0.406. The van der Waals surface area contributed by atoms with Crippen LogP contribution < -0.4 is 10.1 Å². The van der Waals surface area contributed by atoms with E-state index < -0.39 is 0 Å². The minimum absolute atomic E-state index is 0.469. The van der Waals surface area contributed by atoms with Gasteiger partial charge in [-0.05, 0) is 41.6 Å². The highest BCUT2D eigenvalue weighted by atomic mass is 32.1. The first-order chi connectivity index (χ1) is 9.11. The Kier molecular flexibility index (Phi) is 4.61. The van der Waals surface area contributed by atoms with Crippen LogP contribution in [0.25, 0.3) is 11.1 Å². The average Bonchev–Trinajstić information content (AvgIpc) is 2.82. The molecular formula is C16H21NOS. The Labute approximate surface area is 119 Å². The average molecular weight is 275 g/mol. The summed E-state index contributed by atoms with van der Waals surface area (Å²) in [4.78, 5) is 1.35. The molecule has 2 nitrogen and oxygen atoms in total. The standard InChI is InChI=1S/C16H21NOS/c1-11(2)17-10-14-9-13(5-6-16(14)18-4)15-7-8-19-12(15)3/h5-9,11,17H,10H2,1-4H3. The molecule has 0 saturated heterocycles. The minimum Gasteiger partial charge on any atom is -0.496 e. The predicted octanol–water partition coefficient (Wildman–Crippen LogP) is 4.23. The highest BCUT2D eigenvalue weighted by molar-refractivity contribution is 7.10. The van der Waals surface area contributed by atoms with Gasteiger partial charge in [0.2, 0.25) is 0 Å². The SMILES string of the molecule is COc1ccc(-c2ccsc2C)cc1CNC(C)C. The van der Waals surface area contributed by atoms with Crippen molar-refractivity contribution in [3.05, 3.63) is 40.1 Å². The van der Waals surface area contributed by atoms with Crippen LogP contribution in [-0.4, -0.2) is 13.2 Å². The number of ether oxygens (including phenoxy) is 1. The van der Waals surface area contributed by atoms with E-state index in [4.69, 9.17) is 4.74 Å². The molecule has 0 aliphatic heterocycles. The van der Waals surface area contributed by atoms with Crippen molar-refractivity contribution in [3.8, 4) is 16.9 Å². The van der Waals surface area contributed by atoms with E-state index in [1.54, 1.807) is 18.4 Å². The minimum atomic E-state index is 0.469. The fraction of sp³-hybridized carbons (Fsp3) is 0.375. The van der Waals surface area contributed by atoms with Gasteiger partial charge in [0.25, 0.3) is 0 Å². The van der Waals surface area contributed by atoms with Crippen LogP contribution in [0.15, 0.2) is 29.6 Å². The Balaban J connectivity index is 2.32. The van der Waals surface area contributed by atoms with Crippen LogP contribution in [0.1, 0.15) is 24.3 Å². The van der Waals surface area contributed by atoms with Gasteiger partial charge >= 0.3 is 0 Å². The molecule has 3 heteroatoms. The van der Waals surface area contributed by atoms with E-state index in [2.05, 4.69) is 55.7 Å². The number of thiophene rings is 1. The normalized spacial score (nSPS) is 11.0. The second kappa shape index (κ2) is 6.22. The Morgan fingerprint density at radius 1 is 1.26 bits per heavy atom. The number of aryl methyl sites for hydroxylation is 1. The summed E-state index contributed by atoms with van der Waals surface area (Å²) in [5, 5.41) is 5.59. The van der Waals surface area contributed by atoms with Crippen LogP contribution >= 0.6 is 11.3 Å². The third-order valence-electron chi connectivity index (χ3n) is 3.15. The lowest BCUT2D eigenvalue weighted by atomic mass is 10.0. The van der Waals surface area contributed by atoms with E-state index in [-0.39, 0.29) is 0 Å². The molecule has 1 N–H and O–H groups in total. The topological polar surface area (TPSA) is 21.3 Å². The fourth-order valence-electron chi connectivity index (χ4n) is 2.08. The van der Waals surface area contributed by atoms with Crippen molar-refractivity contribution in [2.24, 2.45) is 0 Å². The molecule has 0 atom stereocenters. The zero-order valence-corrected chi connectivity index (χ0v) is 12.8. The smallest absolute Gasteiger partial charge is 0.123 e. The predicted molar refractivity (Wildman–Crippen MR) is 83.0 cm³/mol. The second-order valence-corrected chi connectivity index (χ2v) is 6.07. The summed E-state index contributed by atoms with van der Waals surface area (Å²) in [6, 6.07) is 9.07. The molecule has 1 aromatic carbocycles. The van der Waals surface area contributed by atoms with E-state index in [9.17, 15) is 0 Å². The van der Waals surface area contributed by atoms with E-state index in [0.717, 1.165) is 12.3 Å². The van der Waals surface area contributed by atoms with E-state index >= 15 is 0 Å². The summed E-state index contributed by atoms with van der Waals surface area (Å²) in [7, 11) is 1.73. The van der Waals surface area contributed by atoms with Gasteiger partial charge in [-0.1, -0.05) is 19.9 Å². The summed E-state index contributed by atoms with van der Waals surface area (Å²) in [5.41, 5.74) is 3.79. The van der Waals surface area contributed by atoms with Crippen molar-refractivity contribution < 1.29 is 4.74 Å². The molecule has 2 rings (SSSR count). The molecular weight excluding hydrogens is 254 g/mol. The van der Waals surface area contributed by atoms with Crippen LogP contribution in [0.3, 0.4) is 0 Å². The lowest BCUT2D eigenvalue weighted by Gasteiger charge is -2.13. The second-order valence-electron chi connectivity index (χ2n) is 4.95. The van der Waals surface area contributed by atoms with E-state index in [0.29, 0.717) is 6.04 Å². The fourth-order valence-corrected chi connectivity index (χ4v) is 2.80. The molecule has 0 amide bonds. The molecule has 2 aromatic rings. The summed E-state index contributed by atoms with van der Waals surface area (Å²) >= 11 is 1.79. The number of nitrogens with one attached hydrogen (secondary N) is 1. The molecule has 0 aliphatic rings. The first-order valence-corrected chi connectivity index (χ1v) is 7.44. The van der Waals surface area contributed by atoms with Gasteiger partial charge in [-0.15, -0.1) is 11.3 Å². The van der Waals surface area contributed by atoms with Crippen LogP contribution in [0, 0.1) is 6.92 Å². The third-order valence-corrected chi connectivity index (χ3v) is 4.00. The Bertz CT molecular complexity index is 545. The Morgan fingerprint density at radius 2 is 2.05 bits per heavy atom. The van der Waals surface area contributed by atoms with Crippen molar-refractivity contribution >= 4 is 11.3 Å². The largest absolute Gasteiger partial charge is 0.496 e. The first-order valence-electron chi connectivity index (χ1n) is 6.56. The molecule has 0 aliphatic carbocycles. The number of hydrogen-bond donors (Lipinski definition) is 1. The molecule has 1 heterocycles. The highest BCUT2D eigenvalue weighted by Crippen LogP contribution is 2.31. The van der Waals surface area contributed by atoms with Crippen LogP contribution in [0.5, 0.6) is 5.75 Å². The van der Waals surface area contributed by atoms with Crippen LogP contribution in [-0.2, 0) is 6.54 Å². The lowest BCUT2D eigenvalue weighted by Crippen LogP contribution is -2.22. The summed E-state index contributed by atoms with van der Waals surface area (Å²) < 4.78 is 5.44. The maximum absolute atomic E-state index is 5.44. The zero-order chi connectivity index (χ0) is 13.8. The van der Waals surface area contributed by atoms with Gasteiger partial charge in [0.1, 0.15) is 5.75 Å². The monoisotopic (exact) mass is 275 g/mol. The molecule has 1 aromatic heterocycles. The van der Waals surface area contributed by atoms with Crippen molar-refractivity contribution in [3.63, 3.8) is 0 Å². The van der Waals surface area contributed by atoms with Crippen molar-refractivity contribution in [2.45, 2.75) is 33.4 Å². The maximum atomic E-state index is 5.44. The zero-order valence-electron chi connectivity index (χ0n) is 12.0. The molecule has 0 unspecified atom stereocenters. The van der Waals surface area contributed by atoms with E-state index in [1.165, 1.54) is 21.6 Å². The van der Waals surface area contributed by atoms with Gasteiger partial charge < -0.3 is 10.1 Å². The number of hydrogen-bond acceptors (Lipinski definition) is 3. The molecule has 0 bridgehead atoms. The van der Waals surface area contributed by atoms with Gasteiger partial charge in [-0.2, -0.15) is 0 Å². The highest BCUT2D eigenvalue weighted by Gasteiger charge is 2.08.